The van der Waals surface area contributed by atoms with Gasteiger partial charge in [0.25, 0.3) is 0 Å². The van der Waals surface area contributed by atoms with E-state index in [4.69, 9.17) is 14.2 Å². The molecule has 0 spiro atoms. The van der Waals surface area contributed by atoms with Crippen LogP contribution in [0, 0.1) is 6.92 Å². The molecule has 21 heavy (non-hydrogen) atoms. The molecule has 1 aromatic heterocycles. The standard InChI is InChI=1S/C16H17NO4/c1-11-15(18)14-12(9-17-11)10-21-16(14)20-8-7-19-13-5-3-2-4-6-13/h2-6,9,16,18H,7-8,10H2,1H3/p+1. The van der Waals surface area contributed by atoms with E-state index < -0.39 is 6.29 Å². The van der Waals surface area contributed by atoms with Gasteiger partial charge in [-0.3, -0.25) is 0 Å². The van der Waals surface area contributed by atoms with Gasteiger partial charge in [0.1, 0.15) is 12.4 Å². The summed E-state index contributed by atoms with van der Waals surface area (Å²) in [4.78, 5) is 3.00. The van der Waals surface area contributed by atoms with Crippen molar-refractivity contribution < 1.29 is 24.3 Å². The highest BCUT2D eigenvalue weighted by Crippen LogP contribution is 2.37. The third kappa shape index (κ3) is 2.99. The van der Waals surface area contributed by atoms with Crippen molar-refractivity contribution in [3.8, 4) is 11.5 Å². The summed E-state index contributed by atoms with van der Waals surface area (Å²) in [6.07, 6.45) is 1.31. The van der Waals surface area contributed by atoms with E-state index in [1.54, 1.807) is 0 Å². The summed E-state index contributed by atoms with van der Waals surface area (Å²) in [5.41, 5.74) is 2.34. The smallest absolute Gasteiger partial charge is 0.219 e. The molecule has 1 aliphatic heterocycles. The maximum absolute atomic E-state index is 10.1. The van der Waals surface area contributed by atoms with E-state index in [-0.39, 0.29) is 5.75 Å². The first-order valence-electron chi connectivity index (χ1n) is 6.90. The van der Waals surface area contributed by atoms with Gasteiger partial charge in [0, 0.05) is 6.92 Å². The fourth-order valence-corrected chi connectivity index (χ4v) is 2.29. The van der Waals surface area contributed by atoms with Crippen molar-refractivity contribution in [1.82, 2.24) is 0 Å². The second kappa shape index (κ2) is 6.11. The van der Waals surface area contributed by atoms with E-state index in [0.717, 1.165) is 11.3 Å². The first kappa shape index (κ1) is 13.9. The van der Waals surface area contributed by atoms with Crippen molar-refractivity contribution in [2.45, 2.75) is 19.8 Å². The molecule has 5 nitrogen and oxygen atoms in total. The van der Waals surface area contributed by atoms with Gasteiger partial charge in [-0.25, -0.2) is 4.98 Å². The van der Waals surface area contributed by atoms with Gasteiger partial charge in [-0.1, -0.05) is 18.2 Å². The zero-order valence-electron chi connectivity index (χ0n) is 11.8. The van der Waals surface area contributed by atoms with Crippen LogP contribution in [0.5, 0.6) is 11.5 Å². The Kier molecular flexibility index (Phi) is 4.03. The topological polar surface area (TPSA) is 62.1 Å². The van der Waals surface area contributed by atoms with Crippen molar-refractivity contribution in [3.05, 3.63) is 53.3 Å². The first-order chi connectivity index (χ1) is 10.3. The maximum atomic E-state index is 10.1. The molecule has 0 saturated heterocycles. The van der Waals surface area contributed by atoms with Crippen molar-refractivity contribution in [2.75, 3.05) is 13.2 Å². The number of aromatic nitrogens is 1. The Balaban J connectivity index is 1.55. The van der Waals surface area contributed by atoms with Gasteiger partial charge in [0.15, 0.2) is 18.2 Å². The van der Waals surface area contributed by atoms with Gasteiger partial charge in [-0.05, 0) is 12.1 Å². The SMILES string of the molecule is Cc1[nH+]cc2c(c1O)C(OCCOc1ccccc1)OC2. The molecule has 2 N–H and O–H groups in total. The summed E-state index contributed by atoms with van der Waals surface area (Å²) in [7, 11) is 0. The Morgan fingerprint density at radius 2 is 2.10 bits per heavy atom. The normalized spacial score (nSPS) is 16.7. The third-order valence-corrected chi connectivity index (χ3v) is 3.41. The molecule has 0 fully saturated rings. The van der Waals surface area contributed by atoms with Crippen LogP contribution in [0.15, 0.2) is 36.5 Å². The molecule has 1 aromatic carbocycles. The number of aryl methyl sites for hydroxylation is 1. The fourth-order valence-electron chi connectivity index (χ4n) is 2.29. The minimum absolute atomic E-state index is 0.207. The summed E-state index contributed by atoms with van der Waals surface area (Å²) >= 11 is 0. The lowest BCUT2D eigenvalue weighted by Crippen LogP contribution is -2.13. The number of hydrogen-bond acceptors (Lipinski definition) is 4. The van der Waals surface area contributed by atoms with Gasteiger partial charge in [0.05, 0.1) is 24.3 Å². The zero-order valence-corrected chi connectivity index (χ0v) is 11.8. The summed E-state index contributed by atoms with van der Waals surface area (Å²) < 4.78 is 16.8. The summed E-state index contributed by atoms with van der Waals surface area (Å²) in [5, 5.41) is 10.1. The molecule has 0 radical (unpaired) electrons. The van der Waals surface area contributed by atoms with Crippen molar-refractivity contribution in [2.24, 2.45) is 0 Å². The summed E-state index contributed by atoms with van der Waals surface area (Å²) in [6, 6.07) is 9.57. The van der Waals surface area contributed by atoms with Crippen LogP contribution in [0.2, 0.25) is 0 Å². The molecule has 5 heteroatoms. The second-order valence-corrected chi connectivity index (χ2v) is 4.88. The van der Waals surface area contributed by atoms with E-state index >= 15 is 0 Å². The van der Waals surface area contributed by atoms with E-state index in [0.29, 0.717) is 31.1 Å². The number of para-hydroxylation sites is 1. The van der Waals surface area contributed by atoms with Gasteiger partial charge in [0.2, 0.25) is 5.69 Å². The van der Waals surface area contributed by atoms with Crippen molar-refractivity contribution >= 4 is 0 Å². The van der Waals surface area contributed by atoms with Crippen molar-refractivity contribution in [1.29, 1.82) is 0 Å². The highest BCUT2D eigenvalue weighted by Gasteiger charge is 2.31. The van der Waals surface area contributed by atoms with Gasteiger partial charge < -0.3 is 19.3 Å². The van der Waals surface area contributed by atoms with Gasteiger partial charge in [-0.15, -0.1) is 0 Å². The minimum Gasteiger partial charge on any atom is -0.502 e. The highest BCUT2D eigenvalue weighted by atomic mass is 16.7. The second-order valence-electron chi connectivity index (χ2n) is 4.88. The Morgan fingerprint density at radius 1 is 1.29 bits per heavy atom. The molecule has 110 valence electrons. The molecule has 3 rings (SSSR count). The number of ether oxygens (including phenoxy) is 3. The van der Waals surface area contributed by atoms with Crippen molar-refractivity contribution in [3.63, 3.8) is 0 Å². The van der Waals surface area contributed by atoms with Crippen LogP contribution < -0.4 is 9.72 Å². The van der Waals surface area contributed by atoms with E-state index in [1.807, 2.05) is 43.5 Å². The number of benzene rings is 1. The van der Waals surface area contributed by atoms with Crippen LogP contribution in [0.4, 0.5) is 0 Å². The molecular weight excluding hydrogens is 270 g/mol. The van der Waals surface area contributed by atoms with Crippen LogP contribution in [0.25, 0.3) is 0 Å². The Labute approximate surface area is 123 Å². The fraction of sp³-hybridized carbons (Fsp3) is 0.312. The molecule has 0 aliphatic carbocycles. The average Bonchev–Trinajstić information content (AvgIpc) is 2.92. The lowest BCUT2D eigenvalue weighted by molar-refractivity contribution is -0.389. The summed E-state index contributed by atoms with van der Waals surface area (Å²) in [5.74, 6) is 1.01. The molecule has 0 amide bonds. The number of pyridine rings is 1. The van der Waals surface area contributed by atoms with Gasteiger partial charge >= 0.3 is 0 Å². The Hall–Kier alpha value is -2.11. The molecule has 0 saturated carbocycles. The Bertz CT molecular complexity index is 615. The first-order valence-corrected chi connectivity index (χ1v) is 6.90. The van der Waals surface area contributed by atoms with E-state index in [1.165, 1.54) is 0 Å². The maximum Gasteiger partial charge on any atom is 0.219 e. The molecule has 0 bridgehead atoms. The lowest BCUT2D eigenvalue weighted by atomic mass is 10.1. The molecule has 2 heterocycles. The van der Waals surface area contributed by atoms with Crippen LogP contribution >= 0.6 is 0 Å². The lowest BCUT2D eigenvalue weighted by Gasteiger charge is -2.13. The minimum atomic E-state index is -0.535. The zero-order chi connectivity index (χ0) is 14.7. The molecule has 1 aliphatic rings. The number of aromatic amines is 1. The Morgan fingerprint density at radius 3 is 2.90 bits per heavy atom. The number of fused-ring (bicyclic) bond motifs is 1. The molecule has 2 aromatic rings. The number of hydrogen-bond donors (Lipinski definition) is 1. The number of H-pyrrole nitrogens is 1. The quantitative estimate of drug-likeness (QED) is 0.856. The molecule has 1 atom stereocenters. The largest absolute Gasteiger partial charge is 0.502 e. The molecule has 1 unspecified atom stereocenters. The van der Waals surface area contributed by atoms with E-state index in [2.05, 4.69) is 4.98 Å². The monoisotopic (exact) mass is 288 g/mol. The van der Waals surface area contributed by atoms with Crippen LogP contribution in [-0.4, -0.2) is 18.3 Å². The number of aromatic hydroxyl groups is 1. The molecular formula is C16H18NO4+. The van der Waals surface area contributed by atoms with Crippen LogP contribution in [0.3, 0.4) is 0 Å². The predicted molar refractivity (Wildman–Crippen MR) is 74.8 cm³/mol. The number of rotatable bonds is 5. The van der Waals surface area contributed by atoms with Crippen LogP contribution in [-0.2, 0) is 16.1 Å². The highest BCUT2D eigenvalue weighted by molar-refractivity contribution is 5.40. The van der Waals surface area contributed by atoms with Crippen LogP contribution in [0.1, 0.15) is 23.1 Å². The van der Waals surface area contributed by atoms with Gasteiger partial charge in [-0.2, -0.15) is 0 Å². The average molecular weight is 288 g/mol. The third-order valence-electron chi connectivity index (χ3n) is 3.41. The predicted octanol–water partition coefficient (Wildman–Crippen LogP) is 2.14. The number of nitrogens with one attached hydrogen (secondary N) is 1. The van der Waals surface area contributed by atoms with E-state index in [9.17, 15) is 5.11 Å². The summed E-state index contributed by atoms with van der Waals surface area (Å²) in [6.45, 7) is 3.06.